The summed E-state index contributed by atoms with van der Waals surface area (Å²) in [6.07, 6.45) is 0. The molecule has 6 nitrogen and oxygen atoms in total. The molecule has 0 saturated carbocycles. The zero-order valence-electron chi connectivity index (χ0n) is 18.5. The van der Waals surface area contributed by atoms with Crippen molar-refractivity contribution in [2.45, 2.75) is 39.5 Å². The highest BCUT2D eigenvalue weighted by Gasteiger charge is 2.26. The molecule has 8 heteroatoms. The number of thiazole rings is 1. The number of fused-ring (bicyclic) bond motifs is 1. The summed E-state index contributed by atoms with van der Waals surface area (Å²) in [4.78, 5) is 17.2. The second-order valence-corrected chi connectivity index (χ2v) is 11.5. The molecule has 0 atom stereocenters. The number of hydrogen-bond acceptors (Lipinski definition) is 5. The number of hydrogen-bond donors (Lipinski definition) is 1. The first-order valence-electron chi connectivity index (χ1n) is 10.3. The molecule has 0 fully saturated rings. The van der Waals surface area contributed by atoms with Crippen LogP contribution in [0.4, 0.5) is 5.13 Å². The van der Waals surface area contributed by atoms with E-state index in [1.807, 2.05) is 46.8 Å². The van der Waals surface area contributed by atoms with Crippen LogP contribution in [-0.2, 0) is 10.0 Å². The highest BCUT2D eigenvalue weighted by atomic mass is 32.2. The Bertz CT molecular complexity index is 1160. The van der Waals surface area contributed by atoms with E-state index in [9.17, 15) is 13.2 Å². The molecule has 0 radical (unpaired) electrons. The maximum absolute atomic E-state index is 13.3. The Kier molecular flexibility index (Phi) is 7.13. The Hall–Kier alpha value is -2.29. The van der Waals surface area contributed by atoms with Gasteiger partial charge in [-0.3, -0.25) is 10.1 Å². The number of aromatic nitrogens is 1. The zero-order valence-corrected chi connectivity index (χ0v) is 20.2. The number of anilines is 1. The number of benzene rings is 2. The van der Waals surface area contributed by atoms with Crippen LogP contribution >= 0.6 is 11.3 Å². The van der Waals surface area contributed by atoms with Gasteiger partial charge in [0.15, 0.2) is 5.13 Å². The van der Waals surface area contributed by atoms with Gasteiger partial charge in [0.05, 0.1) is 15.1 Å². The third kappa shape index (κ3) is 5.70. The molecule has 3 rings (SSSR count). The van der Waals surface area contributed by atoms with E-state index in [4.69, 9.17) is 0 Å². The van der Waals surface area contributed by atoms with Gasteiger partial charge in [0.25, 0.3) is 5.91 Å². The molecule has 2 aromatic carbocycles. The molecule has 0 aliphatic rings. The average molecular weight is 460 g/mol. The van der Waals surface area contributed by atoms with E-state index in [2.05, 4.69) is 10.3 Å². The molecule has 1 amide bonds. The molecule has 31 heavy (non-hydrogen) atoms. The Morgan fingerprint density at radius 1 is 1.03 bits per heavy atom. The van der Waals surface area contributed by atoms with Gasteiger partial charge in [-0.15, -0.1) is 0 Å². The Balaban J connectivity index is 1.87. The van der Waals surface area contributed by atoms with Crippen molar-refractivity contribution >= 4 is 42.6 Å². The maximum atomic E-state index is 13.3. The van der Waals surface area contributed by atoms with Gasteiger partial charge in [-0.1, -0.05) is 56.7 Å². The molecule has 166 valence electrons. The van der Waals surface area contributed by atoms with E-state index in [1.54, 1.807) is 34.6 Å². The summed E-state index contributed by atoms with van der Waals surface area (Å²) >= 11 is 1.27. The summed E-state index contributed by atoms with van der Waals surface area (Å²) in [6, 6.07) is 12.2. The third-order valence-electron chi connectivity index (χ3n) is 4.67. The molecule has 0 bridgehead atoms. The zero-order chi connectivity index (χ0) is 22.8. The lowest BCUT2D eigenvalue weighted by Crippen LogP contribution is -2.37. The van der Waals surface area contributed by atoms with E-state index >= 15 is 0 Å². The largest absolute Gasteiger partial charge is 0.298 e. The fourth-order valence-electron chi connectivity index (χ4n) is 3.23. The topological polar surface area (TPSA) is 79.4 Å². The fraction of sp³-hybridized carbons (Fsp3) is 0.391. The number of carbonyl (C=O) groups excluding carboxylic acids is 1. The average Bonchev–Trinajstić information content (AvgIpc) is 3.08. The second kappa shape index (κ2) is 9.46. The predicted molar refractivity (Wildman–Crippen MR) is 127 cm³/mol. The van der Waals surface area contributed by atoms with Gasteiger partial charge in [0.2, 0.25) is 10.0 Å². The lowest BCUT2D eigenvalue weighted by Gasteiger charge is -2.25. The van der Waals surface area contributed by atoms with Crippen LogP contribution in [0.1, 0.15) is 43.6 Å². The van der Waals surface area contributed by atoms with Gasteiger partial charge in [0.1, 0.15) is 0 Å². The van der Waals surface area contributed by atoms with Crippen molar-refractivity contribution in [1.29, 1.82) is 0 Å². The highest BCUT2D eigenvalue weighted by Crippen LogP contribution is 2.30. The smallest absolute Gasteiger partial charge is 0.257 e. The summed E-state index contributed by atoms with van der Waals surface area (Å²) < 4.78 is 28.8. The number of nitrogens with one attached hydrogen (secondary N) is 1. The number of rotatable bonds is 8. The predicted octanol–water partition coefficient (Wildman–Crippen LogP) is 5.16. The molecule has 1 aromatic heterocycles. The van der Waals surface area contributed by atoms with Crippen LogP contribution in [0.25, 0.3) is 10.2 Å². The van der Waals surface area contributed by atoms with Gasteiger partial charge < -0.3 is 0 Å². The Morgan fingerprint density at radius 2 is 1.65 bits per heavy atom. The first-order valence-corrected chi connectivity index (χ1v) is 12.6. The van der Waals surface area contributed by atoms with Crippen LogP contribution in [0.2, 0.25) is 0 Å². The van der Waals surface area contributed by atoms with Crippen molar-refractivity contribution in [1.82, 2.24) is 9.29 Å². The van der Waals surface area contributed by atoms with Crippen molar-refractivity contribution in [3.8, 4) is 0 Å². The minimum atomic E-state index is -3.62. The van der Waals surface area contributed by atoms with Crippen molar-refractivity contribution in [3.63, 3.8) is 0 Å². The minimum absolute atomic E-state index is 0.226. The van der Waals surface area contributed by atoms with E-state index < -0.39 is 10.0 Å². The number of sulfonamides is 1. The minimum Gasteiger partial charge on any atom is -0.298 e. The van der Waals surface area contributed by atoms with Crippen LogP contribution in [0.3, 0.4) is 0 Å². The summed E-state index contributed by atoms with van der Waals surface area (Å²) in [5.74, 6) is 0.209. The van der Waals surface area contributed by atoms with Crippen LogP contribution < -0.4 is 5.32 Å². The Morgan fingerprint density at radius 3 is 2.23 bits per heavy atom. The van der Waals surface area contributed by atoms with Crippen LogP contribution in [0, 0.1) is 18.8 Å². The van der Waals surface area contributed by atoms with Gasteiger partial charge in [-0.25, -0.2) is 13.4 Å². The molecule has 0 aliphatic carbocycles. The molecular formula is C23H29N3O3S2. The van der Waals surface area contributed by atoms with Crippen LogP contribution in [0.15, 0.2) is 47.4 Å². The van der Waals surface area contributed by atoms with Crippen LogP contribution in [0.5, 0.6) is 0 Å². The van der Waals surface area contributed by atoms with Gasteiger partial charge in [-0.05, 0) is 49.1 Å². The summed E-state index contributed by atoms with van der Waals surface area (Å²) in [6.45, 7) is 11.0. The Labute approximate surface area is 188 Å². The quantitative estimate of drug-likeness (QED) is 0.505. The van der Waals surface area contributed by atoms with Crippen LogP contribution in [-0.4, -0.2) is 36.7 Å². The number of nitrogens with zero attached hydrogens (tertiary/aromatic N) is 2. The molecule has 3 aromatic rings. The molecule has 0 saturated heterocycles. The summed E-state index contributed by atoms with van der Waals surface area (Å²) in [5.41, 5.74) is 2.28. The van der Waals surface area contributed by atoms with Crippen molar-refractivity contribution < 1.29 is 13.2 Å². The standard InChI is InChI=1S/C23H29N3O3S2/c1-15(2)13-26(14-16(3)4)31(28,29)19-10-11-20-21(12-19)30-23(24-20)25-22(27)18-8-6-17(5)7-9-18/h6-12,15-16H,13-14H2,1-5H3,(H,24,25,27). The van der Waals surface area contributed by atoms with Gasteiger partial charge in [0, 0.05) is 18.7 Å². The summed E-state index contributed by atoms with van der Waals surface area (Å²) in [7, 11) is -3.62. The lowest BCUT2D eigenvalue weighted by atomic mass is 10.1. The van der Waals surface area contributed by atoms with Crippen molar-refractivity contribution in [3.05, 3.63) is 53.6 Å². The van der Waals surface area contributed by atoms with Gasteiger partial charge in [-0.2, -0.15) is 4.31 Å². The number of aryl methyl sites for hydroxylation is 1. The van der Waals surface area contributed by atoms with E-state index in [-0.39, 0.29) is 22.6 Å². The number of amides is 1. The molecular weight excluding hydrogens is 430 g/mol. The molecule has 1 heterocycles. The highest BCUT2D eigenvalue weighted by molar-refractivity contribution is 7.89. The van der Waals surface area contributed by atoms with Gasteiger partial charge >= 0.3 is 0 Å². The SMILES string of the molecule is Cc1ccc(C(=O)Nc2nc3ccc(S(=O)(=O)N(CC(C)C)CC(C)C)cc3s2)cc1. The van der Waals surface area contributed by atoms with Crippen molar-refractivity contribution in [2.24, 2.45) is 11.8 Å². The fourth-order valence-corrected chi connectivity index (χ4v) is 6.00. The van der Waals surface area contributed by atoms with Crippen molar-refractivity contribution in [2.75, 3.05) is 18.4 Å². The second-order valence-electron chi connectivity index (χ2n) is 8.58. The molecule has 0 unspecified atom stereocenters. The third-order valence-corrected chi connectivity index (χ3v) is 7.43. The first kappa shape index (κ1) is 23.4. The maximum Gasteiger partial charge on any atom is 0.257 e. The molecule has 0 aliphatic heterocycles. The van der Waals surface area contributed by atoms with E-state index in [1.165, 1.54) is 11.3 Å². The van der Waals surface area contributed by atoms with E-state index in [0.717, 1.165) is 5.56 Å². The summed E-state index contributed by atoms with van der Waals surface area (Å²) in [5, 5.41) is 3.25. The lowest BCUT2D eigenvalue weighted by molar-refractivity contribution is 0.102. The monoisotopic (exact) mass is 459 g/mol. The number of carbonyl (C=O) groups is 1. The molecule has 0 spiro atoms. The van der Waals surface area contributed by atoms with E-state index in [0.29, 0.717) is 34.0 Å². The first-order chi connectivity index (χ1) is 14.6. The normalized spacial score (nSPS) is 12.3. The molecule has 1 N–H and O–H groups in total.